The smallest absolute Gasteiger partial charge is 0.116 e. The fourth-order valence-electron chi connectivity index (χ4n) is 1.12. The van der Waals surface area contributed by atoms with Crippen molar-refractivity contribution in [3.63, 3.8) is 0 Å². The third kappa shape index (κ3) is 1.28. The Morgan fingerprint density at radius 3 is 3.15 bits per heavy atom. The van der Waals surface area contributed by atoms with Crippen molar-refractivity contribution in [3.8, 4) is 0 Å². The van der Waals surface area contributed by atoms with Crippen molar-refractivity contribution in [2.24, 2.45) is 5.11 Å². The minimum absolute atomic E-state index is 0.556. The lowest BCUT2D eigenvalue weighted by molar-refractivity contribution is 1.22. The van der Waals surface area contributed by atoms with E-state index in [4.69, 9.17) is 5.53 Å². The maximum atomic E-state index is 8.30. The molecule has 1 aromatic heterocycles. The first-order valence-corrected chi connectivity index (χ1v) is 3.65. The highest BCUT2D eigenvalue weighted by molar-refractivity contribution is 5.88. The molecular weight excluding hydrogens is 166 g/mol. The zero-order valence-electron chi connectivity index (χ0n) is 6.62. The quantitative estimate of drug-likeness (QED) is 0.375. The van der Waals surface area contributed by atoms with Crippen LogP contribution in [0.2, 0.25) is 0 Å². The van der Waals surface area contributed by atoms with Crippen LogP contribution in [-0.2, 0) is 0 Å². The lowest BCUT2D eigenvalue weighted by Crippen LogP contribution is -1.79. The van der Waals surface area contributed by atoms with E-state index in [1.165, 1.54) is 6.33 Å². The fourth-order valence-corrected chi connectivity index (χ4v) is 1.12. The van der Waals surface area contributed by atoms with E-state index in [9.17, 15) is 0 Å². The number of benzene rings is 1. The Kier molecular flexibility index (Phi) is 1.78. The predicted octanol–water partition coefficient (Wildman–Crippen LogP) is 2.57. The van der Waals surface area contributed by atoms with Gasteiger partial charge in [0.1, 0.15) is 6.33 Å². The molecule has 0 fully saturated rings. The average Bonchev–Trinajstić information content (AvgIpc) is 2.19. The third-order valence-corrected chi connectivity index (χ3v) is 1.68. The zero-order valence-corrected chi connectivity index (χ0v) is 6.62. The van der Waals surface area contributed by atoms with E-state index in [0.717, 1.165) is 10.9 Å². The van der Waals surface area contributed by atoms with E-state index >= 15 is 0 Å². The highest BCUT2D eigenvalue weighted by Gasteiger charge is 1.97. The average molecular weight is 171 g/mol. The number of nitrogens with zero attached hydrogens (tertiary/aromatic N) is 5. The molecule has 0 atom stereocenters. The van der Waals surface area contributed by atoms with Gasteiger partial charge in [-0.1, -0.05) is 17.2 Å². The lowest BCUT2D eigenvalue weighted by Gasteiger charge is -1.97. The summed E-state index contributed by atoms with van der Waals surface area (Å²) >= 11 is 0. The molecule has 0 N–H and O–H groups in total. The van der Waals surface area contributed by atoms with Crippen LogP contribution in [0.4, 0.5) is 5.69 Å². The maximum Gasteiger partial charge on any atom is 0.116 e. The van der Waals surface area contributed by atoms with Gasteiger partial charge in [0.25, 0.3) is 0 Å². The van der Waals surface area contributed by atoms with Crippen LogP contribution in [0.1, 0.15) is 0 Å². The van der Waals surface area contributed by atoms with Gasteiger partial charge >= 0.3 is 0 Å². The first kappa shape index (κ1) is 7.52. The molecule has 0 saturated heterocycles. The Bertz CT molecular complexity index is 481. The first-order chi connectivity index (χ1) is 6.42. The van der Waals surface area contributed by atoms with Crippen LogP contribution in [0, 0.1) is 0 Å². The standard InChI is InChI=1S/C8H5N5/c9-13-12-8-3-1-2-7-6(8)4-10-5-11-7/h1-5H. The number of aromatic nitrogens is 2. The summed E-state index contributed by atoms with van der Waals surface area (Å²) in [6.45, 7) is 0. The summed E-state index contributed by atoms with van der Waals surface area (Å²) in [6, 6.07) is 5.36. The SMILES string of the molecule is [N-]=[N+]=Nc1cccc2ncncc12. The van der Waals surface area contributed by atoms with Gasteiger partial charge in [0, 0.05) is 22.2 Å². The van der Waals surface area contributed by atoms with E-state index in [2.05, 4.69) is 20.0 Å². The summed E-state index contributed by atoms with van der Waals surface area (Å²) in [4.78, 5) is 10.6. The second kappa shape index (κ2) is 3.08. The molecular formula is C8H5N5. The van der Waals surface area contributed by atoms with Gasteiger partial charge in [-0.05, 0) is 11.6 Å². The molecule has 5 heteroatoms. The highest BCUT2D eigenvalue weighted by atomic mass is 15.1. The van der Waals surface area contributed by atoms with Crippen molar-refractivity contribution in [2.75, 3.05) is 0 Å². The van der Waals surface area contributed by atoms with E-state index in [1.54, 1.807) is 18.3 Å². The Morgan fingerprint density at radius 1 is 1.38 bits per heavy atom. The largest absolute Gasteiger partial charge is 0.244 e. The Hall–Kier alpha value is -2.13. The number of hydrogen-bond acceptors (Lipinski definition) is 3. The Labute approximate surface area is 73.7 Å². The molecule has 13 heavy (non-hydrogen) atoms. The molecule has 2 aromatic rings. The molecule has 0 bridgehead atoms. The molecule has 1 heterocycles. The van der Waals surface area contributed by atoms with Crippen molar-refractivity contribution in [1.29, 1.82) is 0 Å². The van der Waals surface area contributed by atoms with Crippen LogP contribution in [0.15, 0.2) is 35.8 Å². The molecule has 5 nitrogen and oxygen atoms in total. The van der Waals surface area contributed by atoms with Gasteiger partial charge in [-0.2, -0.15) is 0 Å². The minimum atomic E-state index is 0.556. The van der Waals surface area contributed by atoms with Gasteiger partial charge in [0.2, 0.25) is 0 Å². The van der Waals surface area contributed by atoms with Crippen molar-refractivity contribution in [2.45, 2.75) is 0 Å². The van der Waals surface area contributed by atoms with Crippen molar-refractivity contribution in [3.05, 3.63) is 41.2 Å². The number of rotatable bonds is 1. The number of hydrogen-bond donors (Lipinski definition) is 0. The molecule has 0 aliphatic carbocycles. The maximum absolute atomic E-state index is 8.30. The summed E-state index contributed by atoms with van der Waals surface area (Å²) in [6.07, 6.45) is 3.09. The molecule has 2 rings (SSSR count). The number of azide groups is 1. The molecule has 0 radical (unpaired) electrons. The molecule has 0 aliphatic heterocycles. The molecule has 0 amide bonds. The van der Waals surface area contributed by atoms with E-state index in [0.29, 0.717) is 5.69 Å². The lowest BCUT2D eigenvalue weighted by atomic mass is 10.2. The van der Waals surface area contributed by atoms with Crippen LogP contribution < -0.4 is 0 Å². The van der Waals surface area contributed by atoms with Gasteiger partial charge in [-0.3, -0.25) is 0 Å². The van der Waals surface area contributed by atoms with Crippen LogP contribution in [0.25, 0.3) is 21.3 Å². The monoisotopic (exact) mass is 171 g/mol. The first-order valence-electron chi connectivity index (χ1n) is 3.65. The summed E-state index contributed by atoms with van der Waals surface area (Å²) in [7, 11) is 0. The van der Waals surface area contributed by atoms with Crippen molar-refractivity contribution >= 4 is 16.6 Å². The Morgan fingerprint density at radius 2 is 2.31 bits per heavy atom. The summed E-state index contributed by atoms with van der Waals surface area (Å²) in [5, 5.41) is 4.30. The van der Waals surface area contributed by atoms with Gasteiger partial charge < -0.3 is 0 Å². The van der Waals surface area contributed by atoms with Crippen LogP contribution in [-0.4, -0.2) is 9.97 Å². The van der Waals surface area contributed by atoms with Crippen LogP contribution in [0.5, 0.6) is 0 Å². The molecule has 62 valence electrons. The van der Waals surface area contributed by atoms with Crippen molar-refractivity contribution in [1.82, 2.24) is 9.97 Å². The van der Waals surface area contributed by atoms with E-state index in [1.807, 2.05) is 6.07 Å². The minimum Gasteiger partial charge on any atom is -0.244 e. The summed E-state index contributed by atoms with van der Waals surface area (Å²) in [5.41, 5.74) is 9.63. The zero-order chi connectivity index (χ0) is 9.10. The third-order valence-electron chi connectivity index (χ3n) is 1.68. The molecule has 0 aliphatic rings. The van der Waals surface area contributed by atoms with Gasteiger partial charge in [0.15, 0.2) is 0 Å². The number of fused-ring (bicyclic) bond motifs is 1. The summed E-state index contributed by atoms with van der Waals surface area (Å²) < 4.78 is 0. The van der Waals surface area contributed by atoms with E-state index < -0.39 is 0 Å². The van der Waals surface area contributed by atoms with Crippen LogP contribution in [0.3, 0.4) is 0 Å². The Balaban J connectivity index is 2.82. The topological polar surface area (TPSA) is 74.5 Å². The molecule has 0 spiro atoms. The van der Waals surface area contributed by atoms with Gasteiger partial charge in [-0.15, -0.1) is 0 Å². The normalized spacial score (nSPS) is 9.54. The van der Waals surface area contributed by atoms with E-state index in [-0.39, 0.29) is 0 Å². The van der Waals surface area contributed by atoms with Gasteiger partial charge in [0.05, 0.1) is 5.52 Å². The van der Waals surface area contributed by atoms with Crippen molar-refractivity contribution < 1.29 is 0 Å². The van der Waals surface area contributed by atoms with Crippen LogP contribution >= 0.6 is 0 Å². The second-order valence-electron chi connectivity index (χ2n) is 2.42. The fraction of sp³-hybridized carbons (Fsp3) is 0. The second-order valence-corrected chi connectivity index (χ2v) is 2.42. The predicted molar refractivity (Wildman–Crippen MR) is 48.3 cm³/mol. The molecule has 0 saturated carbocycles. The highest BCUT2D eigenvalue weighted by Crippen LogP contribution is 2.22. The summed E-state index contributed by atoms with van der Waals surface area (Å²) in [5.74, 6) is 0. The van der Waals surface area contributed by atoms with Gasteiger partial charge in [-0.25, -0.2) is 9.97 Å². The molecule has 0 unspecified atom stereocenters. The molecule has 1 aromatic carbocycles.